The molecule has 0 unspecified atom stereocenters. The van der Waals surface area contributed by atoms with Crippen LogP contribution in [0.15, 0.2) is 6.33 Å². The van der Waals surface area contributed by atoms with Crippen molar-refractivity contribution >= 4 is 12.4 Å². The third-order valence-corrected chi connectivity index (χ3v) is 0.578. The summed E-state index contributed by atoms with van der Waals surface area (Å²) in [6, 6.07) is 0. The van der Waals surface area contributed by atoms with E-state index in [0.29, 0.717) is 0 Å². The van der Waals surface area contributed by atoms with Gasteiger partial charge < -0.3 is 0 Å². The van der Waals surface area contributed by atoms with E-state index in [1.54, 1.807) is 0 Å². The Labute approximate surface area is 45.1 Å². The number of nitrogens with one attached hydrogen (secondary N) is 2. The number of nitrogens with zero attached hydrogens (tertiary/aromatic N) is 2. The summed E-state index contributed by atoms with van der Waals surface area (Å²) in [6.45, 7) is 0. The maximum atomic E-state index is 9.54. The fraction of sp³-hybridized carbons (Fsp3) is 0. The molecule has 1 amide bonds. The normalized spacial score (nSPS) is 8.50. The van der Waals surface area contributed by atoms with Crippen LogP contribution >= 0.6 is 0 Å². The van der Waals surface area contributed by atoms with Crippen LogP contribution < -0.4 is 5.32 Å². The van der Waals surface area contributed by atoms with E-state index >= 15 is 0 Å². The molecule has 1 aromatic heterocycles. The van der Waals surface area contributed by atoms with Crippen LogP contribution in [0.2, 0.25) is 0 Å². The van der Waals surface area contributed by atoms with Crippen molar-refractivity contribution in [3.8, 4) is 0 Å². The predicted octanol–water partition coefficient (Wildman–Crippen LogP) is -0.716. The van der Waals surface area contributed by atoms with Crippen LogP contribution in [0.3, 0.4) is 0 Å². The highest BCUT2D eigenvalue weighted by molar-refractivity contribution is 5.66. The molecule has 0 aliphatic heterocycles. The zero-order valence-electron chi connectivity index (χ0n) is 3.88. The number of amides is 1. The minimum absolute atomic E-state index is 0.236. The zero-order valence-corrected chi connectivity index (χ0v) is 3.88. The van der Waals surface area contributed by atoms with Crippen LogP contribution in [-0.2, 0) is 4.79 Å². The molecule has 1 heterocycles. The average Bonchev–Trinajstić information content (AvgIpc) is 2.19. The Bertz CT molecular complexity index is 158. The Morgan fingerprint density at radius 3 is 3.25 bits per heavy atom. The second-order valence-corrected chi connectivity index (χ2v) is 1.05. The topological polar surface area (TPSA) is 70.7 Å². The molecule has 0 saturated heterocycles. The molecule has 0 atom stereocenters. The van der Waals surface area contributed by atoms with Gasteiger partial charge in [-0.1, -0.05) is 0 Å². The first-order valence-electron chi connectivity index (χ1n) is 1.92. The lowest BCUT2D eigenvalue weighted by Crippen LogP contribution is -1.94. The molecular formula is C3H3N4O. The van der Waals surface area contributed by atoms with Gasteiger partial charge in [0, 0.05) is 0 Å². The van der Waals surface area contributed by atoms with Crippen molar-refractivity contribution in [2.75, 3.05) is 5.32 Å². The summed E-state index contributed by atoms with van der Waals surface area (Å²) in [6.07, 6.45) is 2.79. The molecule has 0 aliphatic carbocycles. The molecule has 1 aromatic rings. The Morgan fingerprint density at radius 2 is 2.75 bits per heavy atom. The molecule has 1 rings (SSSR count). The average molecular weight is 111 g/mol. The Hall–Kier alpha value is -1.39. The van der Waals surface area contributed by atoms with Crippen LogP contribution in [-0.4, -0.2) is 21.6 Å². The SMILES string of the molecule is O=[C]Nc1nc[nH]n1. The van der Waals surface area contributed by atoms with Gasteiger partial charge in [-0.2, -0.15) is 0 Å². The lowest BCUT2D eigenvalue weighted by atomic mass is 11.0. The number of hydrogen-bond donors (Lipinski definition) is 2. The van der Waals surface area contributed by atoms with Gasteiger partial charge in [0.2, 0.25) is 5.95 Å². The fourth-order valence-corrected chi connectivity index (χ4v) is 0.315. The van der Waals surface area contributed by atoms with Crippen LogP contribution in [0, 0.1) is 0 Å². The third-order valence-electron chi connectivity index (χ3n) is 0.578. The summed E-state index contributed by atoms with van der Waals surface area (Å²) in [4.78, 5) is 13.1. The van der Waals surface area contributed by atoms with Crippen molar-refractivity contribution in [3.05, 3.63) is 6.33 Å². The number of hydrogen-bond acceptors (Lipinski definition) is 3. The van der Waals surface area contributed by atoms with Crippen LogP contribution in [0.1, 0.15) is 0 Å². The Balaban J connectivity index is 2.62. The summed E-state index contributed by atoms with van der Waals surface area (Å²) >= 11 is 0. The van der Waals surface area contributed by atoms with Gasteiger partial charge in [-0.05, 0) is 0 Å². The number of carbonyl (C=O) groups excluding carboxylic acids is 1. The highest BCUT2D eigenvalue weighted by Crippen LogP contribution is 1.86. The minimum Gasteiger partial charge on any atom is -0.285 e. The summed E-state index contributed by atoms with van der Waals surface area (Å²) in [7, 11) is 0. The molecule has 0 aliphatic rings. The molecule has 0 aromatic carbocycles. The Morgan fingerprint density at radius 1 is 1.88 bits per heavy atom. The van der Waals surface area contributed by atoms with Gasteiger partial charge >= 0.3 is 6.41 Å². The van der Waals surface area contributed by atoms with E-state index in [1.807, 2.05) is 0 Å². The van der Waals surface area contributed by atoms with Crippen molar-refractivity contribution in [1.29, 1.82) is 0 Å². The largest absolute Gasteiger partial charge is 0.316 e. The molecular weight excluding hydrogens is 108 g/mol. The number of H-pyrrole nitrogens is 1. The minimum atomic E-state index is 0.236. The fourth-order valence-electron chi connectivity index (χ4n) is 0.315. The van der Waals surface area contributed by atoms with E-state index in [1.165, 1.54) is 12.7 Å². The zero-order chi connectivity index (χ0) is 5.82. The number of aromatic amines is 1. The van der Waals surface area contributed by atoms with Crippen LogP contribution in [0.4, 0.5) is 5.95 Å². The van der Waals surface area contributed by atoms with E-state index in [2.05, 4.69) is 20.5 Å². The number of anilines is 1. The summed E-state index contributed by atoms with van der Waals surface area (Å²) in [5.41, 5.74) is 0. The lowest BCUT2D eigenvalue weighted by molar-refractivity contribution is 0.560. The molecule has 5 nitrogen and oxygen atoms in total. The Kier molecular flexibility index (Phi) is 1.23. The summed E-state index contributed by atoms with van der Waals surface area (Å²) in [5, 5.41) is 8.04. The maximum Gasteiger partial charge on any atom is 0.316 e. The first-order valence-corrected chi connectivity index (χ1v) is 1.92. The molecule has 0 saturated carbocycles. The van der Waals surface area contributed by atoms with Crippen LogP contribution in [0.5, 0.6) is 0 Å². The van der Waals surface area contributed by atoms with Crippen molar-refractivity contribution in [2.24, 2.45) is 0 Å². The van der Waals surface area contributed by atoms with E-state index in [4.69, 9.17) is 0 Å². The quantitative estimate of drug-likeness (QED) is 0.495. The predicted molar refractivity (Wildman–Crippen MR) is 25.7 cm³/mol. The molecule has 0 fully saturated rings. The summed E-state index contributed by atoms with van der Waals surface area (Å²) in [5.74, 6) is 0.236. The highest BCUT2D eigenvalue weighted by Gasteiger charge is 1.88. The van der Waals surface area contributed by atoms with Gasteiger partial charge in [-0.15, -0.1) is 5.10 Å². The molecule has 1 radical (unpaired) electrons. The van der Waals surface area contributed by atoms with Crippen molar-refractivity contribution < 1.29 is 4.79 Å². The molecule has 0 spiro atoms. The number of aromatic nitrogens is 3. The second kappa shape index (κ2) is 2.06. The molecule has 8 heavy (non-hydrogen) atoms. The van der Waals surface area contributed by atoms with Gasteiger partial charge in [0.15, 0.2) is 0 Å². The summed E-state index contributed by atoms with van der Waals surface area (Å²) < 4.78 is 0. The molecule has 5 heteroatoms. The smallest absolute Gasteiger partial charge is 0.285 e. The van der Waals surface area contributed by atoms with E-state index in [9.17, 15) is 4.79 Å². The standard InChI is InChI=1S/C3H3N4O/c8-2-5-3-4-1-6-7-3/h1H,(H2,4,5,6,7,8). The van der Waals surface area contributed by atoms with Gasteiger partial charge in [-0.25, -0.2) is 4.98 Å². The second-order valence-electron chi connectivity index (χ2n) is 1.05. The first kappa shape index (κ1) is 4.76. The monoisotopic (exact) mass is 111 g/mol. The van der Waals surface area contributed by atoms with Crippen LogP contribution in [0.25, 0.3) is 0 Å². The number of rotatable bonds is 2. The van der Waals surface area contributed by atoms with E-state index in [0.717, 1.165) is 0 Å². The molecule has 0 bridgehead atoms. The highest BCUT2D eigenvalue weighted by atomic mass is 16.1. The van der Waals surface area contributed by atoms with Gasteiger partial charge in [0.05, 0.1) is 0 Å². The van der Waals surface area contributed by atoms with Crippen molar-refractivity contribution in [3.63, 3.8) is 0 Å². The lowest BCUT2D eigenvalue weighted by Gasteiger charge is -1.79. The van der Waals surface area contributed by atoms with Crippen molar-refractivity contribution in [2.45, 2.75) is 0 Å². The van der Waals surface area contributed by atoms with Gasteiger partial charge in [0.25, 0.3) is 0 Å². The molecule has 41 valence electrons. The molecule has 2 N–H and O–H groups in total. The van der Waals surface area contributed by atoms with E-state index < -0.39 is 0 Å². The van der Waals surface area contributed by atoms with Crippen molar-refractivity contribution in [1.82, 2.24) is 15.2 Å². The maximum absolute atomic E-state index is 9.54. The van der Waals surface area contributed by atoms with Gasteiger partial charge in [0.1, 0.15) is 6.33 Å². The first-order chi connectivity index (χ1) is 3.93. The third kappa shape index (κ3) is 0.810. The van der Waals surface area contributed by atoms with E-state index in [-0.39, 0.29) is 5.95 Å². The van der Waals surface area contributed by atoms with Gasteiger partial charge in [-0.3, -0.25) is 15.2 Å².